The summed E-state index contributed by atoms with van der Waals surface area (Å²) in [6, 6.07) is 13.1. The van der Waals surface area contributed by atoms with Crippen molar-refractivity contribution >= 4 is 17.5 Å². The molecule has 160 valence electrons. The molecule has 2 heterocycles. The number of para-hydroxylation sites is 2. The van der Waals surface area contributed by atoms with Crippen molar-refractivity contribution in [2.24, 2.45) is 0 Å². The van der Waals surface area contributed by atoms with Crippen LogP contribution in [0.4, 0.5) is 5.69 Å². The molecule has 1 atom stereocenters. The summed E-state index contributed by atoms with van der Waals surface area (Å²) in [6.07, 6.45) is 8.73. The normalized spacial score (nSPS) is 14.7. The molecule has 4 rings (SSSR count). The Morgan fingerprint density at radius 1 is 1.13 bits per heavy atom. The van der Waals surface area contributed by atoms with Gasteiger partial charge in [0.15, 0.2) is 5.76 Å². The van der Waals surface area contributed by atoms with Crippen LogP contribution in [-0.2, 0) is 4.79 Å². The van der Waals surface area contributed by atoms with Gasteiger partial charge < -0.3 is 14.5 Å². The number of amides is 2. The van der Waals surface area contributed by atoms with Crippen LogP contribution in [0.5, 0.6) is 5.75 Å². The van der Waals surface area contributed by atoms with Crippen LogP contribution in [0.3, 0.4) is 0 Å². The largest absolute Gasteiger partial charge is 0.495 e. The number of nitrogens with one attached hydrogen (secondary N) is 1. The molecule has 2 aromatic heterocycles. The Labute approximate surface area is 181 Å². The lowest BCUT2D eigenvalue weighted by molar-refractivity contribution is -0.123. The Bertz CT molecular complexity index is 1010. The van der Waals surface area contributed by atoms with Crippen molar-refractivity contribution in [1.82, 2.24) is 10.3 Å². The summed E-state index contributed by atoms with van der Waals surface area (Å²) in [6.45, 7) is 0. The van der Waals surface area contributed by atoms with E-state index in [9.17, 15) is 9.59 Å². The zero-order chi connectivity index (χ0) is 21.6. The molecular weight excluding hydrogens is 394 g/mol. The molecule has 1 aliphatic rings. The van der Waals surface area contributed by atoms with Gasteiger partial charge >= 0.3 is 0 Å². The number of anilines is 1. The lowest BCUT2D eigenvalue weighted by atomic mass is 10.0. The first-order chi connectivity index (χ1) is 15.2. The van der Waals surface area contributed by atoms with E-state index in [4.69, 9.17) is 9.15 Å². The fourth-order valence-electron chi connectivity index (χ4n) is 4.02. The molecule has 0 bridgehead atoms. The van der Waals surface area contributed by atoms with Gasteiger partial charge in [-0.1, -0.05) is 31.0 Å². The maximum atomic E-state index is 13.6. The van der Waals surface area contributed by atoms with Gasteiger partial charge in [0.25, 0.3) is 5.91 Å². The fourth-order valence-corrected chi connectivity index (χ4v) is 4.02. The molecule has 1 fully saturated rings. The van der Waals surface area contributed by atoms with Crippen LogP contribution in [0.1, 0.15) is 47.8 Å². The second-order valence-corrected chi connectivity index (χ2v) is 7.50. The summed E-state index contributed by atoms with van der Waals surface area (Å²) in [4.78, 5) is 32.8. The Kier molecular flexibility index (Phi) is 6.31. The molecule has 0 aliphatic heterocycles. The van der Waals surface area contributed by atoms with E-state index < -0.39 is 11.9 Å². The summed E-state index contributed by atoms with van der Waals surface area (Å²) in [5.41, 5.74) is 1.07. The molecule has 0 saturated heterocycles. The summed E-state index contributed by atoms with van der Waals surface area (Å²) in [7, 11) is 1.53. The highest BCUT2D eigenvalue weighted by Gasteiger charge is 2.37. The summed E-state index contributed by atoms with van der Waals surface area (Å²) in [5.74, 6) is -0.0888. The maximum Gasteiger partial charge on any atom is 0.295 e. The molecule has 7 heteroatoms. The third-order valence-electron chi connectivity index (χ3n) is 5.50. The topological polar surface area (TPSA) is 84.7 Å². The average Bonchev–Trinajstić information content (AvgIpc) is 3.52. The van der Waals surface area contributed by atoms with Gasteiger partial charge in [0.2, 0.25) is 5.91 Å². The Hall–Kier alpha value is -3.61. The predicted molar refractivity (Wildman–Crippen MR) is 116 cm³/mol. The van der Waals surface area contributed by atoms with Crippen LogP contribution in [0.2, 0.25) is 0 Å². The smallest absolute Gasteiger partial charge is 0.295 e. The number of benzene rings is 1. The number of rotatable bonds is 7. The van der Waals surface area contributed by atoms with E-state index in [0.717, 1.165) is 25.7 Å². The van der Waals surface area contributed by atoms with Gasteiger partial charge in [0, 0.05) is 24.0 Å². The van der Waals surface area contributed by atoms with Crippen LogP contribution < -0.4 is 15.0 Å². The monoisotopic (exact) mass is 419 g/mol. The third kappa shape index (κ3) is 4.45. The van der Waals surface area contributed by atoms with Crippen LogP contribution >= 0.6 is 0 Å². The Balaban J connectivity index is 1.82. The van der Waals surface area contributed by atoms with Crippen molar-refractivity contribution in [3.8, 4) is 5.75 Å². The van der Waals surface area contributed by atoms with Gasteiger partial charge in [0.1, 0.15) is 11.8 Å². The first kappa shape index (κ1) is 20.7. The molecule has 0 radical (unpaired) electrons. The zero-order valence-corrected chi connectivity index (χ0v) is 17.4. The number of furan rings is 1. The molecule has 3 aromatic rings. The number of nitrogens with zero attached hydrogens (tertiary/aromatic N) is 2. The number of ether oxygens (including phenoxy) is 1. The molecule has 7 nitrogen and oxygen atoms in total. The SMILES string of the molecule is COc1ccccc1N(C(=O)c1ccco1)[C@@H](C(=O)NC1CCCC1)c1cccnc1. The van der Waals surface area contributed by atoms with Crippen LogP contribution in [-0.4, -0.2) is 29.9 Å². The summed E-state index contributed by atoms with van der Waals surface area (Å²) in [5, 5.41) is 3.13. The molecule has 1 saturated carbocycles. The molecule has 31 heavy (non-hydrogen) atoms. The maximum absolute atomic E-state index is 13.6. The molecular formula is C24H25N3O4. The van der Waals surface area contributed by atoms with E-state index in [-0.39, 0.29) is 17.7 Å². The number of aromatic nitrogens is 1. The molecule has 1 aromatic carbocycles. The van der Waals surface area contributed by atoms with E-state index >= 15 is 0 Å². The first-order valence-corrected chi connectivity index (χ1v) is 10.4. The minimum atomic E-state index is -0.941. The Morgan fingerprint density at radius 3 is 2.61 bits per heavy atom. The van der Waals surface area contributed by atoms with Crippen LogP contribution in [0.15, 0.2) is 71.6 Å². The highest BCUT2D eigenvalue weighted by molar-refractivity contribution is 6.09. The van der Waals surface area contributed by atoms with Crippen molar-refractivity contribution in [2.45, 2.75) is 37.8 Å². The number of methoxy groups -OCH3 is 1. The second kappa shape index (κ2) is 9.47. The number of hydrogen-bond acceptors (Lipinski definition) is 5. The quantitative estimate of drug-likeness (QED) is 0.622. The number of hydrogen-bond donors (Lipinski definition) is 1. The fraction of sp³-hybridized carbons (Fsp3) is 0.292. The lowest BCUT2D eigenvalue weighted by Crippen LogP contribution is -2.46. The minimum Gasteiger partial charge on any atom is -0.495 e. The van der Waals surface area contributed by atoms with Crippen molar-refractivity contribution in [2.75, 3.05) is 12.0 Å². The first-order valence-electron chi connectivity index (χ1n) is 10.4. The highest BCUT2D eigenvalue weighted by atomic mass is 16.5. The molecule has 0 unspecified atom stereocenters. The van der Waals surface area contributed by atoms with Gasteiger partial charge in [0.05, 0.1) is 19.1 Å². The van der Waals surface area contributed by atoms with Crippen molar-refractivity contribution < 1.29 is 18.7 Å². The van der Waals surface area contributed by atoms with Crippen molar-refractivity contribution in [3.05, 3.63) is 78.5 Å². The van der Waals surface area contributed by atoms with Crippen molar-refractivity contribution in [1.29, 1.82) is 0 Å². The summed E-state index contributed by atoms with van der Waals surface area (Å²) >= 11 is 0. The molecule has 1 N–H and O–H groups in total. The van der Waals surface area contributed by atoms with Crippen LogP contribution in [0, 0.1) is 0 Å². The predicted octanol–water partition coefficient (Wildman–Crippen LogP) is 4.13. The van der Waals surface area contributed by atoms with E-state index in [0.29, 0.717) is 17.0 Å². The molecule has 0 spiro atoms. The van der Waals surface area contributed by atoms with Gasteiger partial charge in [-0.05, 0) is 43.2 Å². The van der Waals surface area contributed by atoms with E-state index in [1.165, 1.54) is 18.3 Å². The number of carbonyl (C=O) groups is 2. The standard InChI is InChI=1S/C24H25N3O4/c1-30-20-12-5-4-11-19(20)27(24(29)21-13-7-15-31-21)22(17-8-6-14-25-16-17)23(28)26-18-9-2-3-10-18/h4-8,11-16,18,22H,2-3,9-10H2,1H3,(H,26,28)/t22-/m1/s1. The van der Waals surface area contributed by atoms with Gasteiger partial charge in [-0.2, -0.15) is 0 Å². The van der Waals surface area contributed by atoms with E-state index in [1.807, 2.05) is 6.07 Å². The van der Waals surface area contributed by atoms with Gasteiger partial charge in [-0.15, -0.1) is 0 Å². The number of pyridine rings is 1. The van der Waals surface area contributed by atoms with Gasteiger partial charge in [-0.3, -0.25) is 19.5 Å². The van der Waals surface area contributed by atoms with Crippen molar-refractivity contribution in [3.63, 3.8) is 0 Å². The summed E-state index contributed by atoms with van der Waals surface area (Å²) < 4.78 is 10.9. The molecule has 2 amide bonds. The average molecular weight is 419 g/mol. The van der Waals surface area contributed by atoms with E-state index in [2.05, 4.69) is 10.3 Å². The Morgan fingerprint density at radius 2 is 1.94 bits per heavy atom. The third-order valence-corrected chi connectivity index (χ3v) is 5.50. The van der Waals surface area contributed by atoms with Gasteiger partial charge in [-0.25, -0.2) is 0 Å². The van der Waals surface area contributed by atoms with Crippen LogP contribution in [0.25, 0.3) is 0 Å². The number of carbonyl (C=O) groups excluding carboxylic acids is 2. The zero-order valence-electron chi connectivity index (χ0n) is 17.4. The minimum absolute atomic E-state index is 0.102. The molecule has 1 aliphatic carbocycles. The lowest BCUT2D eigenvalue weighted by Gasteiger charge is -2.32. The van der Waals surface area contributed by atoms with E-state index in [1.54, 1.807) is 54.9 Å². The highest BCUT2D eigenvalue weighted by Crippen LogP contribution is 2.36. The second-order valence-electron chi connectivity index (χ2n) is 7.50.